The molecule has 0 aliphatic heterocycles. The quantitative estimate of drug-likeness (QED) is 0.415. The van der Waals surface area contributed by atoms with Gasteiger partial charge in [0.15, 0.2) is 5.75 Å². The molecule has 0 atom stereocenters. The molecule has 0 bridgehead atoms. The summed E-state index contributed by atoms with van der Waals surface area (Å²) in [4.78, 5) is 26.8. The molecule has 0 fully saturated rings. The molecule has 0 unspecified atom stereocenters. The van der Waals surface area contributed by atoms with Crippen molar-refractivity contribution in [3.8, 4) is 11.5 Å². The number of urea groups is 1. The highest BCUT2D eigenvalue weighted by Crippen LogP contribution is 2.23. The summed E-state index contributed by atoms with van der Waals surface area (Å²) >= 11 is 1.32. The lowest BCUT2D eigenvalue weighted by molar-refractivity contribution is 0.0949. The lowest BCUT2D eigenvalue weighted by Crippen LogP contribution is -2.34. The number of carbonyl (C=O) groups excluding carboxylic acids is 2. The van der Waals surface area contributed by atoms with Crippen molar-refractivity contribution in [3.63, 3.8) is 0 Å². The van der Waals surface area contributed by atoms with E-state index in [1.165, 1.54) is 11.5 Å². The van der Waals surface area contributed by atoms with Gasteiger partial charge in [-0.1, -0.05) is 13.8 Å². The first-order chi connectivity index (χ1) is 15.6. The van der Waals surface area contributed by atoms with Crippen molar-refractivity contribution in [2.45, 2.75) is 13.8 Å². The van der Waals surface area contributed by atoms with Crippen molar-refractivity contribution in [1.29, 1.82) is 0 Å². The van der Waals surface area contributed by atoms with E-state index in [0.29, 0.717) is 35.0 Å². The fourth-order valence-corrected chi connectivity index (χ4v) is 3.39. The van der Waals surface area contributed by atoms with E-state index < -0.39 is 0 Å². The van der Waals surface area contributed by atoms with Gasteiger partial charge in [-0.15, -0.1) is 0 Å². The molecule has 2 aromatic carbocycles. The SMILES string of the molecule is CCN(CC)CCNC(=O)c1ccc(NC(=O)Nc2ccc(Oc3cnsc3)cc2)cc1. The zero-order chi connectivity index (χ0) is 22.8. The standard InChI is InChI=1S/C23H27N5O3S/c1-3-28(4-2)14-13-24-22(29)17-5-7-18(8-6-17)26-23(30)27-19-9-11-20(12-10-19)31-21-15-25-32-16-21/h5-12,15-16H,3-4,13-14H2,1-2H3,(H,24,29)(H2,26,27,30). The van der Waals surface area contributed by atoms with E-state index in [0.717, 1.165) is 19.6 Å². The molecule has 168 valence electrons. The average Bonchev–Trinajstić information content (AvgIpc) is 3.31. The van der Waals surface area contributed by atoms with Crippen LogP contribution in [0.4, 0.5) is 16.2 Å². The molecule has 0 aliphatic carbocycles. The molecule has 1 aromatic heterocycles. The molecule has 8 nitrogen and oxygen atoms in total. The van der Waals surface area contributed by atoms with Gasteiger partial charge in [-0.3, -0.25) is 4.79 Å². The smallest absolute Gasteiger partial charge is 0.323 e. The predicted octanol–water partition coefficient (Wildman–Crippen LogP) is 4.65. The summed E-state index contributed by atoms with van der Waals surface area (Å²) in [7, 11) is 0. The van der Waals surface area contributed by atoms with E-state index in [4.69, 9.17) is 4.74 Å². The summed E-state index contributed by atoms with van der Waals surface area (Å²) in [6.45, 7) is 7.52. The van der Waals surface area contributed by atoms with Gasteiger partial charge >= 0.3 is 6.03 Å². The minimum absolute atomic E-state index is 0.131. The second-order valence-corrected chi connectivity index (χ2v) is 7.58. The van der Waals surface area contributed by atoms with Crippen molar-refractivity contribution in [3.05, 3.63) is 65.7 Å². The first kappa shape index (κ1) is 23.2. The van der Waals surface area contributed by atoms with Gasteiger partial charge in [0.05, 0.1) is 11.6 Å². The molecule has 3 rings (SSSR count). The number of hydrogen-bond donors (Lipinski definition) is 3. The molecule has 0 saturated heterocycles. The Kier molecular flexibility index (Phi) is 8.59. The molecular formula is C23H27N5O3S. The zero-order valence-electron chi connectivity index (χ0n) is 18.1. The lowest BCUT2D eigenvalue weighted by Gasteiger charge is -2.18. The van der Waals surface area contributed by atoms with Crippen LogP contribution in [0.1, 0.15) is 24.2 Å². The number of nitrogens with zero attached hydrogens (tertiary/aromatic N) is 2. The Labute approximate surface area is 191 Å². The van der Waals surface area contributed by atoms with Crippen molar-refractivity contribution in [2.75, 3.05) is 36.8 Å². The number of benzene rings is 2. The number of carbonyl (C=O) groups is 2. The van der Waals surface area contributed by atoms with Crippen LogP contribution in [0.2, 0.25) is 0 Å². The van der Waals surface area contributed by atoms with Crippen LogP contribution in [-0.4, -0.2) is 47.4 Å². The molecule has 0 radical (unpaired) electrons. The first-order valence-electron chi connectivity index (χ1n) is 10.4. The maximum Gasteiger partial charge on any atom is 0.323 e. The average molecular weight is 454 g/mol. The van der Waals surface area contributed by atoms with E-state index >= 15 is 0 Å². The first-order valence-corrected chi connectivity index (χ1v) is 11.3. The fourth-order valence-electron chi connectivity index (χ4n) is 2.96. The van der Waals surface area contributed by atoms with Gasteiger partial charge in [0.2, 0.25) is 0 Å². The summed E-state index contributed by atoms with van der Waals surface area (Å²) in [5, 5.41) is 10.2. The third kappa shape index (κ3) is 7.07. The zero-order valence-corrected chi connectivity index (χ0v) is 18.9. The van der Waals surface area contributed by atoms with Crippen LogP contribution in [0.25, 0.3) is 0 Å². The van der Waals surface area contributed by atoms with Gasteiger partial charge in [0.25, 0.3) is 5.91 Å². The summed E-state index contributed by atoms with van der Waals surface area (Å²) < 4.78 is 9.62. The van der Waals surface area contributed by atoms with Gasteiger partial charge in [0.1, 0.15) is 5.75 Å². The Morgan fingerprint density at radius 1 is 0.938 bits per heavy atom. The summed E-state index contributed by atoms with van der Waals surface area (Å²) in [6.07, 6.45) is 1.64. The molecule has 1 heterocycles. The van der Waals surface area contributed by atoms with Crippen LogP contribution < -0.4 is 20.7 Å². The van der Waals surface area contributed by atoms with Crippen LogP contribution in [0.3, 0.4) is 0 Å². The monoisotopic (exact) mass is 453 g/mol. The number of aromatic nitrogens is 1. The van der Waals surface area contributed by atoms with Gasteiger partial charge < -0.3 is 25.6 Å². The number of rotatable bonds is 10. The largest absolute Gasteiger partial charge is 0.455 e. The van der Waals surface area contributed by atoms with Gasteiger partial charge in [-0.25, -0.2) is 4.79 Å². The topological polar surface area (TPSA) is 95.6 Å². The van der Waals surface area contributed by atoms with Crippen molar-refractivity contribution in [2.24, 2.45) is 0 Å². The van der Waals surface area contributed by atoms with E-state index in [1.54, 1.807) is 60.1 Å². The van der Waals surface area contributed by atoms with Crippen LogP contribution in [0.15, 0.2) is 60.1 Å². The number of amides is 3. The molecule has 32 heavy (non-hydrogen) atoms. The van der Waals surface area contributed by atoms with Crippen LogP contribution in [0.5, 0.6) is 11.5 Å². The van der Waals surface area contributed by atoms with Gasteiger partial charge in [-0.05, 0) is 73.2 Å². The molecule has 9 heteroatoms. The number of hydrogen-bond acceptors (Lipinski definition) is 6. The number of anilines is 2. The Morgan fingerprint density at radius 2 is 1.56 bits per heavy atom. The molecule has 0 spiro atoms. The number of likely N-dealkylation sites (N-methyl/N-ethyl adjacent to an activating group) is 1. The molecule has 3 N–H and O–H groups in total. The maximum atomic E-state index is 12.3. The van der Waals surface area contributed by atoms with Crippen LogP contribution in [0, 0.1) is 0 Å². The Morgan fingerprint density at radius 3 is 2.12 bits per heavy atom. The van der Waals surface area contributed by atoms with E-state index in [-0.39, 0.29) is 11.9 Å². The normalized spacial score (nSPS) is 10.6. The van der Waals surface area contributed by atoms with Crippen LogP contribution in [-0.2, 0) is 0 Å². The lowest BCUT2D eigenvalue weighted by atomic mass is 10.2. The van der Waals surface area contributed by atoms with E-state index in [9.17, 15) is 9.59 Å². The highest BCUT2D eigenvalue weighted by molar-refractivity contribution is 7.03. The second-order valence-electron chi connectivity index (χ2n) is 6.93. The Hall–Kier alpha value is -3.43. The van der Waals surface area contributed by atoms with Crippen LogP contribution >= 0.6 is 11.5 Å². The molecular weight excluding hydrogens is 426 g/mol. The summed E-state index contributed by atoms with van der Waals surface area (Å²) in [5.41, 5.74) is 1.77. The van der Waals surface area contributed by atoms with Crippen molar-refractivity contribution >= 4 is 34.8 Å². The second kappa shape index (κ2) is 11.8. The Balaban J connectivity index is 1.45. The molecule has 3 aromatic rings. The minimum atomic E-state index is -0.378. The van der Waals surface area contributed by atoms with Crippen molar-refractivity contribution < 1.29 is 14.3 Å². The minimum Gasteiger partial charge on any atom is -0.455 e. The highest BCUT2D eigenvalue weighted by Gasteiger charge is 2.08. The van der Waals surface area contributed by atoms with E-state index in [1.807, 2.05) is 0 Å². The highest BCUT2D eigenvalue weighted by atomic mass is 32.1. The summed E-state index contributed by atoms with van der Waals surface area (Å²) in [6, 6.07) is 13.4. The fraction of sp³-hybridized carbons (Fsp3) is 0.261. The number of nitrogens with one attached hydrogen (secondary N) is 3. The third-order valence-electron chi connectivity index (χ3n) is 4.77. The van der Waals surface area contributed by atoms with E-state index in [2.05, 4.69) is 39.1 Å². The molecule has 3 amide bonds. The summed E-state index contributed by atoms with van der Waals surface area (Å²) in [5.74, 6) is 1.20. The predicted molar refractivity (Wildman–Crippen MR) is 128 cm³/mol. The van der Waals surface area contributed by atoms with Gasteiger partial charge in [-0.2, -0.15) is 4.37 Å². The van der Waals surface area contributed by atoms with Gasteiger partial charge in [0, 0.05) is 30.0 Å². The number of ether oxygens (including phenoxy) is 1. The third-order valence-corrected chi connectivity index (χ3v) is 5.34. The maximum absolute atomic E-state index is 12.3. The molecule has 0 saturated carbocycles. The van der Waals surface area contributed by atoms with Crippen molar-refractivity contribution in [1.82, 2.24) is 14.6 Å². The Bertz CT molecular complexity index is 987. The molecule has 0 aliphatic rings.